The highest BCUT2D eigenvalue weighted by molar-refractivity contribution is 7.72. The van der Waals surface area contributed by atoms with Gasteiger partial charge in [-0.3, -0.25) is 14.3 Å². The molecule has 1 aliphatic heterocycles. The normalized spacial score (nSPS) is 25.8. The van der Waals surface area contributed by atoms with E-state index in [1.807, 2.05) is 0 Å². The maximum absolute atomic E-state index is 12.2. The lowest BCUT2D eigenvalue weighted by Gasteiger charge is -2.19. The number of ether oxygens (including phenoxy) is 2. The number of H-pyrrole nitrogens is 1. The van der Waals surface area contributed by atoms with Crippen molar-refractivity contribution in [2.45, 2.75) is 31.0 Å². The van der Waals surface area contributed by atoms with E-state index in [0.29, 0.717) is 6.42 Å². The van der Waals surface area contributed by atoms with Crippen molar-refractivity contribution in [3.8, 4) is 0 Å². The fourth-order valence-corrected chi connectivity index (χ4v) is 3.66. The summed E-state index contributed by atoms with van der Waals surface area (Å²) in [7, 11) is 1.19. The van der Waals surface area contributed by atoms with Gasteiger partial charge in [-0.05, 0) is 32.0 Å². The van der Waals surface area contributed by atoms with Gasteiger partial charge in [0, 0.05) is 12.3 Å². The number of esters is 1. The quantitative estimate of drug-likeness (QED) is 0.331. The second kappa shape index (κ2) is 8.39. The van der Waals surface area contributed by atoms with Crippen molar-refractivity contribution in [1.29, 1.82) is 0 Å². The molecule has 4 atom stereocenters. The molecule has 2 heterocycles. The molecule has 1 aliphatic rings. The van der Waals surface area contributed by atoms with Crippen LogP contribution in [0.4, 0.5) is 0 Å². The van der Waals surface area contributed by atoms with Gasteiger partial charge >= 0.3 is 11.7 Å². The number of nitrogens with zero attached hydrogens (tertiary/aromatic N) is 1. The average Bonchev–Trinajstić information content (AvgIpc) is 2.86. The highest BCUT2D eigenvalue weighted by atomic mass is 31.2. The molecule has 1 saturated heterocycles. The third kappa shape index (κ3) is 5.29. The molecule has 0 amide bonds. The first-order valence-electron chi connectivity index (χ1n) is 8.34. The molecule has 1 aromatic rings. The monoisotopic (exact) mass is 400 g/mol. The zero-order valence-corrected chi connectivity index (χ0v) is 16.4. The first-order chi connectivity index (χ1) is 12.5. The van der Waals surface area contributed by atoms with Crippen LogP contribution in [0.1, 0.15) is 18.2 Å². The molecule has 0 aliphatic carbocycles. The van der Waals surface area contributed by atoms with Crippen molar-refractivity contribution in [2.24, 2.45) is 0 Å². The lowest BCUT2D eigenvalue weighted by atomic mass is 10.1. The SMILES string of the molecule is C=P(C)(C)CC[C@H]1O[C@@H](n2cc(/C=C/C(=O)OC)c(=O)[nH]c2=O)[C@H](O)[C@@H]1O. The number of carbonyl (C=O) groups is 1. The fraction of sp³-hybridized carbons (Fsp3) is 0.529. The molecule has 1 fully saturated rings. The van der Waals surface area contributed by atoms with Crippen LogP contribution in [0.3, 0.4) is 0 Å². The molecule has 9 nitrogen and oxygen atoms in total. The van der Waals surface area contributed by atoms with Gasteiger partial charge in [0.2, 0.25) is 0 Å². The molecule has 10 heteroatoms. The van der Waals surface area contributed by atoms with Crippen LogP contribution in [-0.2, 0) is 14.3 Å². The van der Waals surface area contributed by atoms with Gasteiger partial charge in [0.15, 0.2) is 6.23 Å². The molecule has 1 aromatic heterocycles. The highest BCUT2D eigenvalue weighted by Gasteiger charge is 2.43. The van der Waals surface area contributed by atoms with Crippen LogP contribution in [0.25, 0.3) is 6.08 Å². The van der Waals surface area contributed by atoms with E-state index in [2.05, 4.69) is 29.3 Å². The molecule has 0 aromatic carbocycles. The average molecular weight is 400 g/mol. The van der Waals surface area contributed by atoms with E-state index in [-0.39, 0.29) is 5.56 Å². The van der Waals surface area contributed by atoms with Crippen LogP contribution in [0, 0.1) is 0 Å². The van der Waals surface area contributed by atoms with Crippen LogP contribution < -0.4 is 11.2 Å². The molecule has 0 unspecified atom stereocenters. The van der Waals surface area contributed by atoms with Gasteiger partial charge < -0.3 is 19.7 Å². The molecule has 0 radical (unpaired) electrons. The summed E-state index contributed by atoms with van der Waals surface area (Å²) < 4.78 is 11.2. The van der Waals surface area contributed by atoms with Gasteiger partial charge in [0.05, 0.1) is 18.8 Å². The second-order valence-corrected chi connectivity index (χ2v) is 11.4. The largest absolute Gasteiger partial charge is 0.466 e. The minimum Gasteiger partial charge on any atom is -0.466 e. The van der Waals surface area contributed by atoms with E-state index in [1.165, 1.54) is 19.4 Å². The Labute approximate surface area is 156 Å². The minimum absolute atomic E-state index is 0.00134. The van der Waals surface area contributed by atoms with E-state index in [0.717, 1.165) is 16.8 Å². The Morgan fingerprint density at radius 1 is 1.41 bits per heavy atom. The van der Waals surface area contributed by atoms with E-state index in [4.69, 9.17) is 4.74 Å². The number of aliphatic hydroxyl groups excluding tert-OH is 2. The van der Waals surface area contributed by atoms with E-state index in [9.17, 15) is 24.6 Å². The number of hydrogen-bond donors (Lipinski definition) is 3. The number of aliphatic hydroxyl groups is 2. The third-order valence-corrected chi connectivity index (χ3v) is 5.69. The molecule has 2 rings (SSSR count). The topological polar surface area (TPSA) is 131 Å². The van der Waals surface area contributed by atoms with Crippen molar-refractivity contribution in [1.82, 2.24) is 9.55 Å². The van der Waals surface area contributed by atoms with Crippen molar-refractivity contribution in [2.75, 3.05) is 26.6 Å². The van der Waals surface area contributed by atoms with E-state index >= 15 is 0 Å². The summed E-state index contributed by atoms with van der Waals surface area (Å²) in [6.07, 6.45) is 4.40. The van der Waals surface area contributed by atoms with Gasteiger partial charge in [0.25, 0.3) is 5.56 Å². The summed E-state index contributed by atoms with van der Waals surface area (Å²) in [4.78, 5) is 37.4. The summed E-state index contributed by atoms with van der Waals surface area (Å²) in [5.74, 6) is -0.668. The predicted octanol–water partition coefficient (Wildman–Crippen LogP) is -0.559. The Morgan fingerprint density at radius 2 is 2.07 bits per heavy atom. The molecule has 3 N–H and O–H groups in total. The van der Waals surface area contributed by atoms with Crippen LogP contribution in [0.5, 0.6) is 0 Å². The molecule has 150 valence electrons. The lowest BCUT2D eigenvalue weighted by Crippen LogP contribution is -2.38. The smallest absolute Gasteiger partial charge is 0.330 e. The summed E-state index contributed by atoms with van der Waals surface area (Å²) in [5.41, 5.74) is -1.50. The summed E-state index contributed by atoms with van der Waals surface area (Å²) in [5, 5.41) is 20.6. The Morgan fingerprint density at radius 3 is 2.67 bits per heavy atom. The third-order valence-electron chi connectivity index (χ3n) is 4.23. The van der Waals surface area contributed by atoms with Crippen molar-refractivity contribution in [3.63, 3.8) is 0 Å². The molecule has 0 spiro atoms. The van der Waals surface area contributed by atoms with E-state index < -0.39 is 48.6 Å². The minimum atomic E-state index is -1.35. The Kier molecular flexibility index (Phi) is 6.64. The molecule has 0 bridgehead atoms. The first-order valence-corrected chi connectivity index (χ1v) is 11.4. The number of rotatable bonds is 6. The summed E-state index contributed by atoms with van der Waals surface area (Å²) in [6, 6.07) is 0. The fourth-order valence-electron chi connectivity index (χ4n) is 2.71. The van der Waals surface area contributed by atoms with Crippen LogP contribution in [0.2, 0.25) is 0 Å². The second-order valence-electron chi connectivity index (χ2n) is 7.10. The van der Waals surface area contributed by atoms with Gasteiger partial charge in [-0.15, -0.1) is 13.2 Å². The first kappa shape index (κ1) is 21.4. The van der Waals surface area contributed by atoms with Crippen molar-refractivity contribution < 1.29 is 24.5 Å². The number of nitrogens with one attached hydrogen (secondary N) is 1. The van der Waals surface area contributed by atoms with E-state index in [1.54, 1.807) is 0 Å². The van der Waals surface area contributed by atoms with Gasteiger partial charge in [-0.1, -0.05) is 0 Å². The van der Waals surface area contributed by atoms with Gasteiger partial charge in [-0.25, -0.2) is 9.59 Å². The molecule has 27 heavy (non-hydrogen) atoms. The molecular formula is C17H25N2O7P. The summed E-state index contributed by atoms with van der Waals surface area (Å²) >= 11 is 0. The maximum atomic E-state index is 12.2. The zero-order chi connectivity index (χ0) is 20.4. The molecular weight excluding hydrogens is 375 g/mol. The number of aromatic nitrogens is 2. The Balaban J connectivity index is 2.30. The van der Waals surface area contributed by atoms with Crippen LogP contribution >= 0.6 is 6.89 Å². The predicted molar refractivity (Wildman–Crippen MR) is 104 cm³/mol. The Bertz CT molecular complexity index is 882. The Hall–Kier alpha value is -1.93. The summed E-state index contributed by atoms with van der Waals surface area (Å²) in [6.45, 7) is 2.76. The zero-order valence-electron chi connectivity index (χ0n) is 15.5. The number of carbonyl (C=O) groups excluding carboxylic acids is 1. The van der Waals surface area contributed by atoms with Crippen LogP contribution in [0.15, 0.2) is 21.9 Å². The molecule has 0 saturated carbocycles. The standard InChI is InChI=1S/C17H25N2O7P/c1-25-12(20)6-5-10-9-19(17(24)18-15(10)23)16-14(22)13(21)11(26-16)7-8-27(2,3)4/h5-6,9,11,13-14,16,21-22H,2,7-8H2,1,3-4H3,(H,18,23,24)/b6-5+/t11-,13-,14-,16-/m1/s1. The highest BCUT2D eigenvalue weighted by Crippen LogP contribution is 2.39. The number of aromatic amines is 1. The van der Waals surface area contributed by atoms with Gasteiger partial charge in [-0.2, -0.15) is 0 Å². The number of methoxy groups -OCH3 is 1. The maximum Gasteiger partial charge on any atom is 0.330 e. The van der Waals surface area contributed by atoms with Crippen LogP contribution in [-0.4, -0.2) is 76.9 Å². The van der Waals surface area contributed by atoms with Crippen molar-refractivity contribution in [3.05, 3.63) is 38.7 Å². The lowest BCUT2D eigenvalue weighted by molar-refractivity contribution is -0.134. The number of hydrogen-bond acceptors (Lipinski definition) is 7. The van der Waals surface area contributed by atoms with Crippen molar-refractivity contribution >= 4 is 25.2 Å². The van der Waals surface area contributed by atoms with Gasteiger partial charge in [0.1, 0.15) is 12.2 Å².